The summed E-state index contributed by atoms with van der Waals surface area (Å²) in [5, 5.41) is 27.8. The van der Waals surface area contributed by atoms with E-state index in [1.54, 1.807) is 41.2 Å². The van der Waals surface area contributed by atoms with Crippen LogP contribution in [-0.4, -0.2) is 108 Å². The summed E-state index contributed by atoms with van der Waals surface area (Å²) in [6, 6.07) is 11.6. The predicted molar refractivity (Wildman–Crippen MR) is 194 cm³/mol. The van der Waals surface area contributed by atoms with E-state index in [0.29, 0.717) is 34.4 Å². The van der Waals surface area contributed by atoms with E-state index in [2.05, 4.69) is 26.3 Å². The number of hydrogen-bond donors (Lipinski definition) is 5. The van der Waals surface area contributed by atoms with Crippen molar-refractivity contribution in [3.63, 3.8) is 0 Å². The lowest BCUT2D eigenvalue weighted by Crippen LogP contribution is -2.54. The number of carbonyl (C=O) groups is 6. The fourth-order valence-electron chi connectivity index (χ4n) is 6.45. The number of aromatic hydroxyl groups is 1. The van der Waals surface area contributed by atoms with Gasteiger partial charge in [0.1, 0.15) is 36.4 Å². The molecule has 20 nitrogen and oxygen atoms in total. The van der Waals surface area contributed by atoms with Crippen molar-refractivity contribution in [3.05, 3.63) is 71.5 Å². The second kappa shape index (κ2) is 15.6. The number of nitrogens with zero attached hydrogens (tertiary/aromatic N) is 5. The molecular weight excluding hydrogens is 755 g/mol. The maximum atomic E-state index is 13.3. The molecule has 6 amide bonds. The lowest BCUT2D eigenvalue weighted by atomic mass is 10.0. The number of piperidine rings is 1. The summed E-state index contributed by atoms with van der Waals surface area (Å²) in [5.74, 6) is -3.15. The van der Waals surface area contributed by atoms with E-state index in [9.17, 15) is 42.3 Å². The van der Waals surface area contributed by atoms with Crippen molar-refractivity contribution in [2.24, 2.45) is 0 Å². The van der Waals surface area contributed by atoms with Gasteiger partial charge in [-0.3, -0.25) is 39.0 Å². The summed E-state index contributed by atoms with van der Waals surface area (Å²) in [5.41, 5.74) is 1.19. The van der Waals surface area contributed by atoms with Crippen LogP contribution in [0, 0.1) is 0 Å². The number of anilines is 2. The van der Waals surface area contributed by atoms with Gasteiger partial charge in [0.2, 0.25) is 17.7 Å². The Balaban J connectivity index is 0.807. The molecule has 4 aromatic rings. The highest BCUT2D eigenvalue weighted by atomic mass is 32.2. The van der Waals surface area contributed by atoms with Crippen LogP contribution < -0.4 is 29.7 Å². The van der Waals surface area contributed by atoms with Crippen molar-refractivity contribution in [2.75, 3.05) is 42.5 Å². The molecule has 21 heteroatoms. The second-order valence-electron chi connectivity index (χ2n) is 12.9. The molecule has 56 heavy (non-hydrogen) atoms. The lowest BCUT2D eigenvalue weighted by molar-refractivity contribution is -0.136. The number of amides is 6. The van der Waals surface area contributed by atoms with Crippen LogP contribution in [0.3, 0.4) is 0 Å². The van der Waals surface area contributed by atoms with Gasteiger partial charge in [0.05, 0.1) is 55.9 Å². The fourth-order valence-corrected chi connectivity index (χ4v) is 7.61. The summed E-state index contributed by atoms with van der Waals surface area (Å²) in [4.78, 5) is 75.2. The van der Waals surface area contributed by atoms with Crippen LogP contribution in [0.4, 0.5) is 11.4 Å². The Kier molecular flexibility index (Phi) is 10.5. The fraction of sp³-hybridized carbons (Fsp3) is 0.314. The maximum Gasteiger partial charge on any atom is 0.326 e. The van der Waals surface area contributed by atoms with Crippen LogP contribution >= 0.6 is 0 Å². The zero-order valence-corrected chi connectivity index (χ0v) is 30.3. The summed E-state index contributed by atoms with van der Waals surface area (Å²) >= 11 is 0. The average Bonchev–Trinajstić information content (AvgIpc) is 3.81. The highest BCUT2D eigenvalue weighted by Gasteiger charge is 2.45. The zero-order valence-electron chi connectivity index (χ0n) is 29.5. The molecule has 0 radical (unpaired) electrons. The quantitative estimate of drug-likeness (QED) is 0.0781. The minimum atomic E-state index is -4.10. The van der Waals surface area contributed by atoms with Gasteiger partial charge in [0.25, 0.3) is 17.7 Å². The first-order valence-electron chi connectivity index (χ1n) is 17.4. The Morgan fingerprint density at radius 2 is 1.82 bits per heavy atom. The predicted octanol–water partition coefficient (Wildman–Crippen LogP) is -0.0669. The molecule has 0 bridgehead atoms. The molecule has 3 aromatic carbocycles. The molecule has 4 heterocycles. The molecule has 0 saturated carbocycles. The monoisotopic (exact) mass is 789 g/mol. The van der Waals surface area contributed by atoms with Crippen LogP contribution in [0.1, 0.15) is 45.7 Å². The smallest absolute Gasteiger partial charge is 0.326 e. The summed E-state index contributed by atoms with van der Waals surface area (Å²) in [6.07, 6.45) is 1.88. The van der Waals surface area contributed by atoms with Crippen molar-refractivity contribution in [3.8, 4) is 11.5 Å². The second-order valence-corrected chi connectivity index (χ2v) is 14.5. The number of ether oxygens (including phenoxy) is 2. The van der Waals surface area contributed by atoms with Gasteiger partial charge in [0.15, 0.2) is 0 Å². The third kappa shape index (κ3) is 7.93. The third-order valence-corrected chi connectivity index (χ3v) is 10.5. The topological polar surface area (TPSA) is 261 Å². The molecule has 2 fully saturated rings. The average molecular weight is 790 g/mol. The first-order chi connectivity index (χ1) is 26.9. The van der Waals surface area contributed by atoms with Gasteiger partial charge >= 0.3 is 10.2 Å². The van der Waals surface area contributed by atoms with E-state index >= 15 is 0 Å². The van der Waals surface area contributed by atoms with Crippen LogP contribution in [0.2, 0.25) is 0 Å². The largest absolute Gasteiger partial charge is 0.506 e. The Hall–Kier alpha value is -6.61. The first-order valence-corrected chi connectivity index (χ1v) is 18.9. The van der Waals surface area contributed by atoms with E-state index in [4.69, 9.17) is 9.47 Å². The van der Waals surface area contributed by atoms with Gasteiger partial charge in [-0.2, -0.15) is 8.42 Å². The van der Waals surface area contributed by atoms with Gasteiger partial charge < -0.3 is 25.2 Å². The number of hydrogen-bond acceptors (Lipinski definition) is 14. The Morgan fingerprint density at radius 3 is 2.61 bits per heavy atom. The van der Waals surface area contributed by atoms with Crippen LogP contribution in [0.5, 0.6) is 11.5 Å². The third-order valence-electron chi connectivity index (χ3n) is 9.14. The summed E-state index contributed by atoms with van der Waals surface area (Å²) in [7, 11) is -4.10. The number of carbonyl (C=O) groups excluding carboxylic acids is 6. The number of fused-ring (bicyclic) bond motifs is 2. The molecule has 1 atom stereocenters. The number of nitrogens with one attached hydrogen (secondary N) is 4. The van der Waals surface area contributed by atoms with Crippen molar-refractivity contribution < 1.29 is 51.8 Å². The SMILES string of the molecule is O=C(CCOCCn1cc(CNc2cccc3c2C(=O)N(C2CCC(=O)NC2=O)C3=O)nn1)NCCOc1ccc2cc(O)c(N3CC(=O)NS3(=O)=O)cc2c1. The number of imide groups is 2. The van der Waals surface area contributed by atoms with Gasteiger partial charge in [-0.05, 0) is 53.6 Å². The Morgan fingerprint density at radius 1 is 0.982 bits per heavy atom. The zero-order chi connectivity index (χ0) is 39.6. The number of benzene rings is 3. The molecule has 0 spiro atoms. The molecule has 2 saturated heterocycles. The van der Waals surface area contributed by atoms with Crippen LogP contribution in [0.15, 0.2) is 54.7 Å². The van der Waals surface area contributed by atoms with E-state index in [0.717, 1.165) is 9.21 Å². The normalized spacial score (nSPS) is 17.6. The molecule has 1 unspecified atom stereocenters. The van der Waals surface area contributed by atoms with E-state index in [-0.39, 0.29) is 80.6 Å². The molecule has 7 rings (SSSR count). The van der Waals surface area contributed by atoms with Crippen molar-refractivity contribution in [1.29, 1.82) is 0 Å². The van der Waals surface area contributed by atoms with Crippen LogP contribution in [-0.2, 0) is 47.2 Å². The highest BCUT2D eigenvalue weighted by molar-refractivity contribution is 7.92. The van der Waals surface area contributed by atoms with Gasteiger partial charge in [-0.15, -0.1) is 5.10 Å². The molecular formula is C35H35N9O11S. The van der Waals surface area contributed by atoms with Gasteiger partial charge in [-0.1, -0.05) is 17.3 Å². The summed E-state index contributed by atoms with van der Waals surface area (Å²) < 4.78 is 40.0. The Labute approximate surface area is 318 Å². The Bertz CT molecular complexity index is 2380. The highest BCUT2D eigenvalue weighted by Crippen LogP contribution is 2.36. The minimum absolute atomic E-state index is 0.0266. The number of phenols is 1. The maximum absolute atomic E-state index is 13.3. The molecule has 0 aliphatic carbocycles. The first kappa shape index (κ1) is 37.7. The van der Waals surface area contributed by atoms with Crippen molar-refractivity contribution in [2.45, 2.75) is 38.4 Å². The van der Waals surface area contributed by atoms with Crippen molar-refractivity contribution >= 4 is 67.8 Å². The summed E-state index contributed by atoms with van der Waals surface area (Å²) in [6.45, 7) is 0.854. The van der Waals surface area contributed by atoms with E-state index in [1.807, 2.05) is 4.72 Å². The van der Waals surface area contributed by atoms with Gasteiger partial charge in [0, 0.05) is 18.5 Å². The number of aromatic nitrogens is 3. The van der Waals surface area contributed by atoms with Gasteiger partial charge in [-0.25, -0.2) is 13.7 Å². The van der Waals surface area contributed by atoms with Crippen molar-refractivity contribution in [1.82, 2.24) is 35.2 Å². The molecule has 1 aromatic heterocycles. The van der Waals surface area contributed by atoms with Crippen LogP contribution in [0.25, 0.3) is 10.8 Å². The molecule has 3 aliphatic heterocycles. The number of rotatable bonds is 15. The standard InChI is InChI=1S/C35H35N9O11S/c45-28-16-20-4-5-23(14-21(20)15-27(28)43-19-31(48)40-56(43,52)53)55-12-9-36-29(46)8-11-54-13-10-42-18-22(39-41-42)17-37-25-3-1-2-24-32(25)35(51)44(34(24)50)26-6-7-30(47)38-33(26)49/h1-5,14-16,18,26,37,45H,6-13,17,19H2,(H,36,46)(H,40,48)(H,38,47,49). The lowest BCUT2D eigenvalue weighted by Gasteiger charge is -2.27. The number of phenolic OH excluding ortho intramolecular Hbond substituents is 1. The van der Waals surface area contributed by atoms with E-state index < -0.39 is 52.3 Å². The molecule has 3 aliphatic rings. The minimum Gasteiger partial charge on any atom is -0.506 e. The molecule has 5 N–H and O–H groups in total. The molecule has 292 valence electrons. The van der Waals surface area contributed by atoms with E-state index in [1.165, 1.54) is 18.2 Å².